The number of carbonyl (C=O) groups is 1. The third kappa shape index (κ3) is 2.91. The van der Waals surface area contributed by atoms with Crippen molar-refractivity contribution in [1.29, 1.82) is 5.26 Å². The van der Waals surface area contributed by atoms with E-state index in [0.29, 0.717) is 49.9 Å². The van der Waals surface area contributed by atoms with Gasteiger partial charge in [-0.15, -0.1) is 0 Å². The van der Waals surface area contributed by atoms with E-state index in [4.69, 9.17) is 14.7 Å². The van der Waals surface area contributed by atoms with E-state index in [9.17, 15) is 4.79 Å². The lowest BCUT2D eigenvalue weighted by Gasteiger charge is -2.26. The second kappa shape index (κ2) is 6.42. The van der Waals surface area contributed by atoms with Gasteiger partial charge in [0.2, 0.25) is 5.88 Å². The normalized spacial score (nSPS) is 24.3. The van der Waals surface area contributed by atoms with Crippen molar-refractivity contribution < 1.29 is 14.3 Å². The van der Waals surface area contributed by atoms with Crippen LogP contribution in [-0.2, 0) is 11.8 Å². The standard InChI is InChI=1S/C18H19N5O3/c1-22-7-14(6-21-22)17(24)23-8-15-9-25-11-18(15,10-23)12-26-16-3-2-13(4-19)5-20-16/h2-3,5-7,15H,8-12H2,1H3/t15-,18+/m1/s1. The number of aryl methyl sites for hydroxylation is 1. The molecule has 0 radical (unpaired) electrons. The molecule has 2 aromatic heterocycles. The number of hydrogen-bond donors (Lipinski definition) is 0. The molecule has 2 atom stereocenters. The molecular formula is C18H19N5O3. The number of ether oxygens (including phenoxy) is 2. The molecule has 2 fully saturated rings. The fourth-order valence-electron chi connectivity index (χ4n) is 3.65. The van der Waals surface area contributed by atoms with Crippen LogP contribution in [0.5, 0.6) is 5.88 Å². The molecule has 0 spiro atoms. The fourth-order valence-corrected chi connectivity index (χ4v) is 3.65. The Kier molecular flexibility index (Phi) is 4.09. The number of nitrogens with zero attached hydrogens (tertiary/aromatic N) is 5. The molecule has 0 aliphatic carbocycles. The minimum absolute atomic E-state index is 0.0108. The van der Waals surface area contributed by atoms with Crippen LogP contribution >= 0.6 is 0 Å². The van der Waals surface area contributed by atoms with E-state index in [0.717, 1.165) is 0 Å². The quantitative estimate of drug-likeness (QED) is 0.809. The van der Waals surface area contributed by atoms with Gasteiger partial charge in [0.25, 0.3) is 5.91 Å². The summed E-state index contributed by atoms with van der Waals surface area (Å²) in [7, 11) is 1.79. The van der Waals surface area contributed by atoms with Crippen LogP contribution in [0.1, 0.15) is 15.9 Å². The molecule has 8 nitrogen and oxygen atoms in total. The molecular weight excluding hydrogens is 334 g/mol. The summed E-state index contributed by atoms with van der Waals surface area (Å²) in [4.78, 5) is 18.7. The van der Waals surface area contributed by atoms with E-state index < -0.39 is 0 Å². The Morgan fingerprint density at radius 1 is 1.50 bits per heavy atom. The summed E-state index contributed by atoms with van der Waals surface area (Å²) in [6, 6.07) is 5.40. The first-order valence-corrected chi connectivity index (χ1v) is 8.44. The first kappa shape index (κ1) is 16.5. The summed E-state index contributed by atoms with van der Waals surface area (Å²) >= 11 is 0. The van der Waals surface area contributed by atoms with Crippen molar-refractivity contribution in [1.82, 2.24) is 19.7 Å². The Hall–Kier alpha value is -2.92. The Bertz CT molecular complexity index is 856. The molecule has 2 saturated heterocycles. The van der Waals surface area contributed by atoms with Gasteiger partial charge in [0.15, 0.2) is 0 Å². The van der Waals surface area contributed by atoms with Crippen LogP contribution in [-0.4, -0.2) is 58.5 Å². The SMILES string of the molecule is Cn1cc(C(=O)N2C[C@@H]3COC[C@]3(COc3ccc(C#N)cn3)C2)cn1. The molecule has 0 N–H and O–H groups in total. The van der Waals surface area contributed by atoms with Crippen molar-refractivity contribution in [2.45, 2.75) is 0 Å². The van der Waals surface area contributed by atoms with Crippen LogP contribution in [0, 0.1) is 22.7 Å². The largest absolute Gasteiger partial charge is 0.477 e. The van der Waals surface area contributed by atoms with Crippen LogP contribution in [0.25, 0.3) is 0 Å². The molecule has 0 bridgehead atoms. The molecule has 134 valence electrons. The molecule has 4 heterocycles. The Labute approximate surface area is 150 Å². The minimum Gasteiger partial charge on any atom is -0.477 e. The summed E-state index contributed by atoms with van der Waals surface area (Å²) in [5.41, 5.74) is 0.859. The third-order valence-electron chi connectivity index (χ3n) is 5.13. The maximum Gasteiger partial charge on any atom is 0.257 e. The van der Waals surface area contributed by atoms with E-state index in [1.54, 1.807) is 36.3 Å². The molecule has 0 aromatic carbocycles. The monoisotopic (exact) mass is 353 g/mol. The maximum absolute atomic E-state index is 12.7. The average Bonchev–Trinajstić information content (AvgIpc) is 3.33. The van der Waals surface area contributed by atoms with Crippen molar-refractivity contribution in [3.05, 3.63) is 41.9 Å². The van der Waals surface area contributed by atoms with Crippen LogP contribution in [0.15, 0.2) is 30.7 Å². The van der Waals surface area contributed by atoms with Gasteiger partial charge in [-0.05, 0) is 6.07 Å². The van der Waals surface area contributed by atoms with Crippen LogP contribution in [0.2, 0.25) is 0 Å². The highest BCUT2D eigenvalue weighted by Gasteiger charge is 2.52. The predicted octanol–water partition coefficient (Wildman–Crippen LogP) is 0.854. The zero-order valence-electron chi connectivity index (χ0n) is 14.5. The molecule has 8 heteroatoms. The van der Waals surface area contributed by atoms with Crippen molar-refractivity contribution in [3.8, 4) is 11.9 Å². The van der Waals surface area contributed by atoms with Crippen molar-refractivity contribution in [3.63, 3.8) is 0 Å². The Balaban J connectivity index is 1.45. The van der Waals surface area contributed by atoms with Crippen molar-refractivity contribution >= 4 is 5.91 Å². The summed E-state index contributed by atoms with van der Waals surface area (Å²) in [6.45, 7) is 2.85. The highest BCUT2D eigenvalue weighted by molar-refractivity contribution is 5.94. The van der Waals surface area contributed by atoms with E-state index in [-0.39, 0.29) is 17.2 Å². The number of hydrogen-bond acceptors (Lipinski definition) is 6. The van der Waals surface area contributed by atoms with Gasteiger partial charge in [-0.2, -0.15) is 10.4 Å². The summed E-state index contributed by atoms with van der Waals surface area (Å²) in [5, 5.41) is 12.9. The summed E-state index contributed by atoms with van der Waals surface area (Å²) in [6.07, 6.45) is 4.82. The van der Waals surface area contributed by atoms with Crippen LogP contribution < -0.4 is 4.74 Å². The zero-order valence-corrected chi connectivity index (χ0v) is 14.5. The topological polar surface area (TPSA) is 93.3 Å². The van der Waals surface area contributed by atoms with Gasteiger partial charge in [-0.3, -0.25) is 9.48 Å². The average molecular weight is 353 g/mol. The Morgan fingerprint density at radius 3 is 3.08 bits per heavy atom. The molecule has 26 heavy (non-hydrogen) atoms. The summed E-state index contributed by atoms with van der Waals surface area (Å²) < 4.78 is 13.2. The lowest BCUT2D eigenvalue weighted by molar-refractivity contribution is 0.0655. The molecule has 4 rings (SSSR count). The number of nitriles is 1. The zero-order chi connectivity index (χ0) is 18.1. The third-order valence-corrected chi connectivity index (χ3v) is 5.13. The van der Waals surface area contributed by atoms with Gasteiger partial charge in [0, 0.05) is 44.5 Å². The number of rotatable bonds is 4. The lowest BCUT2D eigenvalue weighted by atomic mass is 9.82. The second-order valence-corrected chi connectivity index (χ2v) is 6.95. The first-order valence-electron chi connectivity index (χ1n) is 8.44. The van der Waals surface area contributed by atoms with Gasteiger partial charge < -0.3 is 14.4 Å². The lowest BCUT2D eigenvalue weighted by Crippen LogP contribution is -2.38. The van der Waals surface area contributed by atoms with Gasteiger partial charge in [0.05, 0.1) is 42.6 Å². The van der Waals surface area contributed by atoms with Crippen LogP contribution in [0.4, 0.5) is 0 Å². The number of amides is 1. The van der Waals surface area contributed by atoms with E-state index in [2.05, 4.69) is 10.1 Å². The molecule has 0 saturated carbocycles. The van der Waals surface area contributed by atoms with Crippen molar-refractivity contribution in [2.24, 2.45) is 18.4 Å². The van der Waals surface area contributed by atoms with E-state index in [1.807, 2.05) is 11.0 Å². The maximum atomic E-state index is 12.7. The van der Waals surface area contributed by atoms with E-state index >= 15 is 0 Å². The fraction of sp³-hybridized carbons (Fsp3) is 0.444. The molecule has 1 amide bonds. The number of likely N-dealkylation sites (tertiary alicyclic amines) is 1. The Morgan fingerprint density at radius 2 is 2.38 bits per heavy atom. The smallest absolute Gasteiger partial charge is 0.257 e. The minimum atomic E-state index is -0.229. The molecule has 2 aliphatic heterocycles. The van der Waals surface area contributed by atoms with Gasteiger partial charge in [-0.1, -0.05) is 0 Å². The second-order valence-electron chi connectivity index (χ2n) is 6.95. The summed E-state index contributed by atoms with van der Waals surface area (Å²) in [5.74, 6) is 0.700. The van der Waals surface area contributed by atoms with E-state index in [1.165, 1.54) is 6.20 Å². The van der Waals surface area contributed by atoms with Gasteiger partial charge in [-0.25, -0.2) is 4.98 Å². The number of carbonyl (C=O) groups excluding carboxylic acids is 1. The highest BCUT2D eigenvalue weighted by Crippen LogP contribution is 2.42. The van der Waals surface area contributed by atoms with Crippen LogP contribution in [0.3, 0.4) is 0 Å². The predicted molar refractivity (Wildman–Crippen MR) is 90.3 cm³/mol. The number of aromatic nitrogens is 3. The molecule has 2 aromatic rings. The van der Waals surface area contributed by atoms with Gasteiger partial charge >= 0.3 is 0 Å². The van der Waals surface area contributed by atoms with Crippen molar-refractivity contribution in [2.75, 3.05) is 32.9 Å². The highest BCUT2D eigenvalue weighted by atomic mass is 16.5. The van der Waals surface area contributed by atoms with Gasteiger partial charge in [0.1, 0.15) is 6.07 Å². The number of pyridine rings is 1. The molecule has 2 aliphatic rings. The molecule has 0 unspecified atom stereocenters. The number of fused-ring (bicyclic) bond motifs is 1. The first-order chi connectivity index (χ1) is 12.6.